The summed E-state index contributed by atoms with van der Waals surface area (Å²) in [6.07, 6.45) is 4.13. The smallest absolute Gasteiger partial charge is 0.410 e. The standard InChI is InChI=1S/C30H38FN7O4/c1-8-37(29(40)42-30(2,3)4)14-18-9-10-38(15-18)24-12-21(31)26(27-20(24)17-36(6)34-27)28(39)32-23-11-19-16-35(5)33-22(19)13-25(23)41-7/h11-13,16-18H,8-10,14-15H2,1-7H3,(H,32,39). The summed E-state index contributed by atoms with van der Waals surface area (Å²) in [6, 6.07) is 4.89. The molecule has 1 unspecified atom stereocenters. The van der Waals surface area contributed by atoms with Gasteiger partial charge in [0.1, 0.15) is 28.2 Å². The number of benzene rings is 2. The van der Waals surface area contributed by atoms with Gasteiger partial charge in [0.2, 0.25) is 0 Å². The Morgan fingerprint density at radius 2 is 1.88 bits per heavy atom. The lowest BCUT2D eigenvalue weighted by Crippen LogP contribution is -2.40. The first-order valence-corrected chi connectivity index (χ1v) is 14.1. The summed E-state index contributed by atoms with van der Waals surface area (Å²) in [6.45, 7) is 9.89. The minimum Gasteiger partial charge on any atom is -0.494 e. The number of anilines is 2. The molecule has 1 atom stereocenters. The third kappa shape index (κ3) is 5.83. The van der Waals surface area contributed by atoms with Gasteiger partial charge in [0.15, 0.2) is 0 Å². The minimum atomic E-state index is -0.664. The molecular formula is C30H38FN7O4. The van der Waals surface area contributed by atoms with Gasteiger partial charge in [-0.05, 0) is 52.2 Å². The zero-order chi connectivity index (χ0) is 30.3. The number of carbonyl (C=O) groups excluding carboxylic acids is 2. The summed E-state index contributed by atoms with van der Waals surface area (Å²) in [5, 5.41) is 13.2. The van der Waals surface area contributed by atoms with Crippen LogP contribution in [-0.4, -0.2) is 75.4 Å². The average molecular weight is 580 g/mol. The lowest BCUT2D eigenvalue weighted by molar-refractivity contribution is 0.0236. The number of hydrogen-bond donors (Lipinski definition) is 1. The molecule has 4 aromatic rings. The van der Waals surface area contributed by atoms with Crippen LogP contribution in [0.3, 0.4) is 0 Å². The Kier molecular flexibility index (Phi) is 7.74. The van der Waals surface area contributed by atoms with Crippen molar-refractivity contribution in [2.75, 3.05) is 43.5 Å². The Hall–Kier alpha value is -4.35. The highest BCUT2D eigenvalue weighted by Crippen LogP contribution is 2.36. The Morgan fingerprint density at radius 1 is 1.14 bits per heavy atom. The molecule has 0 spiro atoms. The van der Waals surface area contributed by atoms with E-state index in [1.54, 1.807) is 39.6 Å². The number of aryl methyl sites for hydroxylation is 2. The first kappa shape index (κ1) is 29.2. The molecule has 1 aliphatic rings. The number of hydrogen-bond acceptors (Lipinski definition) is 7. The maximum absolute atomic E-state index is 15.8. The molecule has 3 heterocycles. The third-order valence-corrected chi connectivity index (χ3v) is 7.40. The van der Waals surface area contributed by atoms with Crippen molar-refractivity contribution in [1.29, 1.82) is 0 Å². The first-order chi connectivity index (χ1) is 19.9. The second-order valence-electron chi connectivity index (χ2n) is 11.8. The number of amides is 2. The normalized spacial score (nSPS) is 15.4. The van der Waals surface area contributed by atoms with E-state index in [-0.39, 0.29) is 23.1 Å². The van der Waals surface area contributed by atoms with Gasteiger partial charge in [0, 0.05) is 69.5 Å². The van der Waals surface area contributed by atoms with E-state index in [0.717, 1.165) is 11.8 Å². The summed E-state index contributed by atoms with van der Waals surface area (Å²) in [7, 11) is 5.06. The zero-order valence-corrected chi connectivity index (χ0v) is 25.2. The van der Waals surface area contributed by atoms with Gasteiger partial charge in [0.25, 0.3) is 5.91 Å². The molecule has 2 aromatic carbocycles. The number of nitrogens with one attached hydrogen (secondary N) is 1. The van der Waals surface area contributed by atoms with Crippen molar-refractivity contribution in [2.24, 2.45) is 20.0 Å². The average Bonchev–Trinajstić information content (AvgIpc) is 3.62. The van der Waals surface area contributed by atoms with E-state index >= 15 is 4.39 Å². The van der Waals surface area contributed by atoms with Crippen molar-refractivity contribution >= 4 is 45.2 Å². The van der Waals surface area contributed by atoms with Crippen molar-refractivity contribution in [3.63, 3.8) is 0 Å². The van der Waals surface area contributed by atoms with Gasteiger partial charge in [-0.2, -0.15) is 10.2 Å². The van der Waals surface area contributed by atoms with Gasteiger partial charge >= 0.3 is 6.09 Å². The van der Waals surface area contributed by atoms with Crippen LogP contribution in [0.1, 0.15) is 44.5 Å². The van der Waals surface area contributed by atoms with E-state index in [4.69, 9.17) is 9.47 Å². The highest BCUT2D eigenvalue weighted by atomic mass is 19.1. The van der Waals surface area contributed by atoms with Gasteiger partial charge in [-0.1, -0.05) is 0 Å². The minimum absolute atomic E-state index is 0.138. The quantitative estimate of drug-likeness (QED) is 0.330. The molecule has 0 aliphatic carbocycles. The summed E-state index contributed by atoms with van der Waals surface area (Å²) >= 11 is 0. The molecule has 1 fully saturated rings. The fourth-order valence-corrected chi connectivity index (χ4v) is 5.52. The third-order valence-electron chi connectivity index (χ3n) is 7.40. The van der Waals surface area contributed by atoms with Crippen LogP contribution in [0.2, 0.25) is 0 Å². The zero-order valence-electron chi connectivity index (χ0n) is 25.2. The molecule has 224 valence electrons. The van der Waals surface area contributed by atoms with Crippen LogP contribution < -0.4 is 15.0 Å². The van der Waals surface area contributed by atoms with Crippen molar-refractivity contribution in [1.82, 2.24) is 24.5 Å². The number of fused-ring (bicyclic) bond motifs is 2. The number of aromatic nitrogens is 4. The predicted molar refractivity (Wildman–Crippen MR) is 160 cm³/mol. The van der Waals surface area contributed by atoms with E-state index in [2.05, 4.69) is 20.4 Å². The second kappa shape index (κ2) is 11.1. The summed E-state index contributed by atoms with van der Waals surface area (Å²) < 4.78 is 30.1. The van der Waals surface area contributed by atoms with E-state index in [0.29, 0.717) is 54.2 Å². The van der Waals surface area contributed by atoms with E-state index in [1.165, 1.54) is 13.2 Å². The molecule has 5 rings (SSSR count). The lowest BCUT2D eigenvalue weighted by Gasteiger charge is -2.28. The molecule has 12 heteroatoms. The Morgan fingerprint density at radius 3 is 2.57 bits per heavy atom. The number of carbonyl (C=O) groups is 2. The Balaban J connectivity index is 1.40. The van der Waals surface area contributed by atoms with Crippen LogP contribution in [0, 0.1) is 11.7 Å². The molecule has 0 bridgehead atoms. The molecule has 11 nitrogen and oxygen atoms in total. The van der Waals surface area contributed by atoms with Crippen LogP contribution in [0.5, 0.6) is 5.75 Å². The highest BCUT2D eigenvalue weighted by molar-refractivity contribution is 6.15. The van der Waals surface area contributed by atoms with Gasteiger partial charge in [0.05, 0.1) is 24.0 Å². The fraction of sp³-hybridized carbons (Fsp3) is 0.467. The van der Waals surface area contributed by atoms with Gasteiger partial charge in [-0.15, -0.1) is 0 Å². The predicted octanol–water partition coefficient (Wildman–Crippen LogP) is 4.94. The maximum Gasteiger partial charge on any atom is 0.410 e. The van der Waals surface area contributed by atoms with E-state index in [1.807, 2.05) is 40.9 Å². The monoisotopic (exact) mass is 579 g/mol. The van der Waals surface area contributed by atoms with E-state index in [9.17, 15) is 9.59 Å². The van der Waals surface area contributed by atoms with Crippen LogP contribution in [0.4, 0.5) is 20.6 Å². The van der Waals surface area contributed by atoms with Crippen molar-refractivity contribution < 1.29 is 23.5 Å². The van der Waals surface area contributed by atoms with Crippen LogP contribution in [-0.2, 0) is 18.8 Å². The molecule has 42 heavy (non-hydrogen) atoms. The summed E-state index contributed by atoms with van der Waals surface area (Å²) in [5.41, 5.74) is 1.36. The number of nitrogens with zero attached hydrogens (tertiary/aromatic N) is 6. The van der Waals surface area contributed by atoms with E-state index < -0.39 is 17.3 Å². The fourth-order valence-electron chi connectivity index (χ4n) is 5.52. The molecule has 1 aliphatic heterocycles. The Labute approximate surface area is 244 Å². The lowest BCUT2D eigenvalue weighted by atomic mass is 10.1. The second-order valence-corrected chi connectivity index (χ2v) is 11.8. The number of rotatable bonds is 7. The van der Waals surface area contributed by atoms with Gasteiger partial charge in [-0.3, -0.25) is 14.2 Å². The largest absolute Gasteiger partial charge is 0.494 e. The first-order valence-electron chi connectivity index (χ1n) is 14.1. The van der Waals surface area contributed by atoms with Crippen LogP contribution in [0.15, 0.2) is 30.6 Å². The van der Waals surface area contributed by atoms with Gasteiger partial charge in [-0.25, -0.2) is 9.18 Å². The maximum atomic E-state index is 15.8. The molecular weight excluding hydrogens is 541 g/mol. The highest BCUT2D eigenvalue weighted by Gasteiger charge is 2.31. The van der Waals surface area contributed by atoms with Crippen LogP contribution >= 0.6 is 0 Å². The SMILES string of the molecule is CCN(CC1CCN(c2cc(F)c(C(=O)Nc3cc4cn(C)nc4cc3OC)c3nn(C)cc23)C1)C(=O)OC(C)(C)C. The van der Waals surface area contributed by atoms with Crippen molar-refractivity contribution in [2.45, 2.75) is 39.7 Å². The Bertz CT molecular complexity index is 1660. The molecule has 2 amide bonds. The number of ether oxygens (including phenoxy) is 2. The molecule has 0 saturated carbocycles. The molecule has 1 saturated heterocycles. The molecule has 2 aromatic heterocycles. The van der Waals surface area contributed by atoms with Crippen LogP contribution in [0.25, 0.3) is 21.8 Å². The molecule has 0 radical (unpaired) electrons. The van der Waals surface area contributed by atoms with Gasteiger partial charge < -0.3 is 24.6 Å². The number of methoxy groups -OCH3 is 1. The van der Waals surface area contributed by atoms with Crippen molar-refractivity contribution in [3.8, 4) is 5.75 Å². The van der Waals surface area contributed by atoms with Crippen molar-refractivity contribution in [3.05, 3.63) is 42.0 Å². The summed E-state index contributed by atoms with van der Waals surface area (Å²) in [5.74, 6) is -0.688. The number of halogens is 1. The topological polar surface area (TPSA) is 107 Å². The molecule has 1 N–H and O–H groups in total. The summed E-state index contributed by atoms with van der Waals surface area (Å²) in [4.78, 5) is 30.0.